The van der Waals surface area contributed by atoms with Gasteiger partial charge in [0.15, 0.2) is 0 Å². The molecule has 2 heteroatoms. The highest BCUT2D eigenvalue weighted by Gasteiger charge is 2.63. The molecule has 2 saturated carbocycles. The van der Waals surface area contributed by atoms with Gasteiger partial charge in [0.2, 0.25) is 0 Å². The molecule has 0 saturated heterocycles. The summed E-state index contributed by atoms with van der Waals surface area (Å²) < 4.78 is 0. The minimum Gasteiger partial charge on any atom is -0.392 e. The summed E-state index contributed by atoms with van der Waals surface area (Å²) in [5.74, 6) is 0.411. The predicted octanol–water partition coefficient (Wildman–Crippen LogP) is 4.64. The topological polar surface area (TPSA) is 37.3 Å². The molecule has 2 nitrogen and oxygen atoms in total. The first kappa shape index (κ1) is 15.1. The van der Waals surface area contributed by atoms with Gasteiger partial charge in [-0.05, 0) is 61.5 Å². The lowest BCUT2D eigenvalue weighted by Crippen LogP contribution is -2.45. The molecule has 0 bridgehead atoms. The summed E-state index contributed by atoms with van der Waals surface area (Å²) in [6.45, 7) is 4.78. The summed E-state index contributed by atoms with van der Waals surface area (Å²) in [5, 5.41) is 10.9. The van der Waals surface area contributed by atoms with E-state index >= 15 is 0 Å². The smallest absolute Gasteiger partial charge is 0.137 e. The number of carbonyl (C=O) groups excluding carboxylic acids is 1. The highest BCUT2D eigenvalue weighted by Crippen LogP contribution is 2.70. The van der Waals surface area contributed by atoms with E-state index in [-0.39, 0.29) is 22.3 Å². The molecule has 1 spiro atoms. The molecular weight excluding hydrogens is 296 g/mol. The molecule has 0 aliphatic heterocycles. The Morgan fingerprint density at radius 1 is 1.12 bits per heavy atom. The fraction of sp³-hybridized carbons (Fsp3) is 0.682. The third-order valence-corrected chi connectivity index (χ3v) is 8.53. The van der Waals surface area contributed by atoms with Crippen LogP contribution in [0.2, 0.25) is 0 Å². The van der Waals surface area contributed by atoms with Crippen LogP contribution in [0.4, 0.5) is 0 Å². The van der Waals surface area contributed by atoms with Crippen LogP contribution in [0.25, 0.3) is 0 Å². The Hall–Kier alpha value is -1.15. The average molecular weight is 324 g/mol. The first-order chi connectivity index (χ1) is 11.4. The van der Waals surface area contributed by atoms with Crippen LogP contribution in [0.5, 0.6) is 0 Å². The predicted molar refractivity (Wildman–Crippen MR) is 94.4 cm³/mol. The molecule has 128 valence electrons. The van der Waals surface area contributed by atoms with Crippen LogP contribution >= 0.6 is 0 Å². The van der Waals surface area contributed by atoms with Crippen LogP contribution in [0.15, 0.2) is 34.4 Å². The van der Waals surface area contributed by atoms with Crippen molar-refractivity contribution < 1.29 is 9.90 Å². The van der Waals surface area contributed by atoms with E-state index in [1.54, 1.807) is 5.57 Å². The maximum absolute atomic E-state index is 11.9. The Morgan fingerprint density at radius 3 is 2.79 bits per heavy atom. The fourth-order valence-corrected chi connectivity index (χ4v) is 7.01. The Kier molecular flexibility index (Phi) is 2.85. The van der Waals surface area contributed by atoms with Gasteiger partial charge in [0.05, 0.1) is 6.10 Å². The number of aliphatic hydroxyl groups excluding tert-OH is 1. The zero-order valence-corrected chi connectivity index (χ0v) is 15.0. The third kappa shape index (κ3) is 1.55. The van der Waals surface area contributed by atoms with E-state index in [2.05, 4.69) is 26.0 Å². The number of rotatable bonds is 0. The average Bonchev–Trinajstić information content (AvgIpc) is 2.99. The van der Waals surface area contributed by atoms with Crippen molar-refractivity contribution in [2.75, 3.05) is 0 Å². The second kappa shape index (κ2) is 4.52. The van der Waals surface area contributed by atoms with Crippen molar-refractivity contribution in [2.24, 2.45) is 16.2 Å². The molecular formula is C22H28O2. The van der Waals surface area contributed by atoms with Gasteiger partial charge in [-0.1, -0.05) is 37.1 Å². The maximum atomic E-state index is 11.9. The van der Waals surface area contributed by atoms with E-state index in [9.17, 15) is 9.90 Å². The van der Waals surface area contributed by atoms with E-state index in [4.69, 9.17) is 0 Å². The molecule has 5 rings (SSSR count). The monoisotopic (exact) mass is 324 g/mol. The van der Waals surface area contributed by atoms with Crippen molar-refractivity contribution in [1.82, 2.24) is 0 Å². The molecule has 5 aliphatic carbocycles. The zero-order valence-electron chi connectivity index (χ0n) is 15.0. The number of allylic oxidation sites excluding steroid dienone is 5. The van der Waals surface area contributed by atoms with Crippen molar-refractivity contribution in [3.05, 3.63) is 34.4 Å². The first-order valence-electron chi connectivity index (χ1n) is 9.74. The number of fused-ring (bicyclic) bond motifs is 3. The van der Waals surface area contributed by atoms with E-state index in [1.807, 2.05) is 0 Å². The molecule has 0 aromatic rings. The second-order valence-electron chi connectivity index (χ2n) is 9.35. The maximum Gasteiger partial charge on any atom is 0.137 e. The second-order valence-corrected chi connectivity index (χ2v) is 9.35. The van der Waals surface area contributed by atoms with Gasteiger partial charge in [-0.2, -0.15) is 0 Å². The lowest BCUT2D eigenvalue weighted by atomic mass is 9.52. The number of hydrogen-bond acceptors (Lipinski definition) is 2. The van der Waals surface area contributed by atoms with Gasteiger partial charge in [0, 0.05) is 23.7 Å². The molecule has 2 fully saturated rings. The molecule has 0 aromatic carbocycles. The van der Waals surface area contributed by atoms with Gasteiger partial charge in [0.25, 0.3) is 0 Å². The van der Waals surface area contributed by atoms with Crippen LogP contribution in [0.1, 0.15) is 71.6 Å². The number of Topliss-reactive ketones (excluding diaryl/α,β-unsaturated/α-hetero) is 1. The van der Waals surface area contributed by atoms with Crippen LogP contribution in [0, 0.1) is 16.2 Å². The summed E-state index contributed by atoms with van der Waals surface area (Å²) in [4.78, 5) is 11.9. The summed E-state index contributed by atoms with van der Waals surface area (Å²) in [6.07, 6.45) is 13.5. The number of carbonyl (C=O) groups is 1. The van der Waals surface area contributed by atoms with Crippen molar-refractivity contribution in [3.63, 3.8) is 0 Å². The molecule has 1 N–H and O–H groups in total. The van der Waals surface area contributed by atoms with E-state index < -0.39 is 0 Å². The fourth-order valence-electron chi connectivity index (χ4n) is 7.01. The molecule has 0 radical (unpaired) electrons. The summed E-state index contributed by atoms with van der Waals surface area (Å²) in [7, 11) is 0. The summed E-state index contributed by atoms with van der Waals surface area (Å²) in [5.41, 5.74) is 6.38. The SMILES string of the molecule is CC12CCC(=O)CC1=CCC1=C2CCC23C1=CC[C@@]2(C)CC[C@@H]3O. The van der Waals surface area contributed by atoms with Crippen molar-refractivity contribution in [1.29, 1.82) is 0 Å². The lowest BCUT2D eigenvalue weighted by Gasteiger charge is -2.52. The first-order valence-corrected chi connectivity index (χ1v) is 9.74. The minimum atomic E-state index is -0.170. The Labute approximate surface area is 144 Å². The normalized spacial score (nSPS) is 46.8. The standard InChI is InChI=1S/C22H28O2/c1-20-9-6-18-16-4-3-14-13-15(23)5-11-21(14,2)17(16)7-12-22(18,20)19(24)8-10-20/h3,6,19,24H,4-5,7-13H2,1-2H3/t19-,20-,21?,22?/m0/s1. The quantitative estimate of drug-likeness (QED) is 0.659. The molecule has 24 heavy (non-hydrogen) atoms. The summed E-state index contributed by atoms with van der Waals surface area (Å²) >= 11 is 0. The number of aliphatic hydroxyl groups is 1. The van der Waals surface area contributed by atoms with E-state index in [0.717, 1.165) is 51.4 Å². The Morgan fingerprint density at radius 2 is 1.96 bits per heavy atom. The molecule has 0 amide bonds. The van der Waals surface area contributed by atoms with Gasteiger partial charge in [0.1, 0.15) is 5.78 Å². The van der Waals surface area contributed by atoms with Gasteiger partial charge in [-0.25, -0.2) is 0 Å². The van der Waals surface area contributed by atoms with Crippen molar-refractivity contribution in [2.45, 2.75) is 77.7 Å². The lowest BCUT2D eigenvalue weighted by molar-refractivity contribution is -0.120. The molecule has 4 atom stereocenters. The Balaban J connectivity index is 1.63. The highest BCUT2D eigenvalue weighted by atomic mass is 16.3. The van der Waals surface area contributed by atoms with Crippen molar-refractivity contribution >= 4 is 5.78 Å². The van der Waals surface area contributed by atoms with Gasteiger partial charge in [-0.3, -0.25) is 4.79 Å². The summed E-state index contributed by atoms with van der Waals surface area (Å²) in [6, 6.07) is 0. The van der Waals surface area contributed by atoms with Crippen LogP contribution in [-0.2, 0) is 4.79 Å². The number of hydrogen-bond donors (Lipinski definition) is 1. The Bertz CT molecular complexity index is 739. The molecule has 0 aromatic heterocycles. The highest BCUT2D eigenvalue weighted by molar-refractivity contribution is 5.83. The molecule has 0 heterocycles. The van der Waals surface area contributed by atoms with Gasteiger partial charge >= 0.3 is 0 Å². The van der Waals surface area contributed by atoms with E-state index in [1.165, 1.54) is 16.7 Å². The third-order valence-electron chi connectivity index (χ3n) is 8.53. The minimum absolute atomic E-state index is 0.0119. The molecule has 2 unspecified atom stereocenters. The van der Waals surface area contributed by atoms with Crippen LogP contribution in [-0.4, -0.2) is 17.0 Å². The zero-order chi connectivity index (χ0) is 16.7. The van der Waals surface area contributed by atoms with Gasteiger partial charge < -0.3 is 5.11 Å². The van der Waals surface area contributed by atoms with Crippen molar-refractivity contribution in [3.8, 4) is 0 Å². The van der Waals surface area contributed by atoms with Crippen LogP contribution in [0.3, 0.4) is 0 Å². The van der Waals surface area contributed by atoms with Crippen LogP contribution < -0.4 is 0 Å². The molecule has 5 aliphatic rings. The number of ketones is 1. The van der Waals surface area contributed by atoms with E-state index in [0.29, 0.717) is 12.2 Å². The largest absolute Gasteiger partial charge is 0.392 e. The van der Waals surface area contributed by atoms with Gasteiger partial charge in [-0.15, -0.1) is 0 Å².